The van der Waals surface area contributed by atoms with Gasteiger partial charge in [0.2, 0.25) is 0 Å². The highest BCUT2D eigenvalue weighted by Gasteiger charge is 2.23. The second-order valence-corrected chi connectivity index (χ2v) is 6.55. The van der Waals surface area contributed by atoms with Crippen LogP contribution in [0.5, 0.6) is 0 Å². The van der Waals surface area contributed by atoms with Gasteiger partial charge in [0.25, 0.3) is 5.95 Å². The van der Waals surface area contributed by atoms with E-state index in [-0.39, 0.29) is 23.4 Å². The van der Waals surface area contributed by atoms with Crippen molar-refractivity contribution in [2.45, 2.75) is 19.3 Å². The fourth-order valence-electron chi connectivity index (χ4n) is 2.74. The molecule has 0 spiro atoms. The molecule has 10 heteroatoms. The maximum absolute atomic E-state index is 10.8. The molecule has 0 N–H and O–H groups in total. The van der Waals surface area contributed by atoms with E-state index < -0.39 is 4.92 Å². The standard InChI is InChI=1S/C16H19ClN6O3/c1-21(2)10-18-16-19-14(17)12(15(20-16)22-7-3-4-8-22)9-11-5-6-13(26-11)23(24)25/h5-6,10H,3-4,7-9H2,1-2H3. The largest absolute Gasteiger partial charge is 0.433 e. The molecule has 0 amide bonds. The Labute approximate surface area is 155 Å². The molecule has 2 aromatic rings. The van der Waals surface area contributed by atoms with Crippen LogP contribution in [0.4, 0.5) is 17.7 Å². The highest BCUT2D eigenvalue weighted by Crippen LogP contribution is 2.32. The van der Waals surface area contributed by atoms with Crippen molar-refractivity contribution < 1.29 is 9.34 Å². The van der Waals surface area contributed by atoms with Gasteiger partial charge in [-0.3, -0.25) is 10.1 Å². The Kier molecular flexibility index (Phi) is 5.36. The zero-order chi connectivity index (χ0) is 18.7. The minimum atomic E-state index is -0.567. The number of halogens is 1. The molecule has 138 valence electrons. The van der Waals surface area contributed by atoms with Crippen molar-refractivity contribution >= 4 is 35.6 Å². The molecule has 1 saturated heterocycles. The van der Waals surface area contributed by atoms with Crippen molar-refractivity contribution in [3.8, 4) is 0 Å². The number of nitrogens with zero attached hydrogens (tertiary/aromatic N) is 6. The van der Waals surface area contributed by atoms with Crippen LogP contribution in [0.2, 0.25) is 5.15 Å². The Bertz CT molecular complexity index is 829. The summed E-state index contributed by atoms with van der Waals surface area (Å²) in [6.45, 7) is 1.74. The van der Waals surface area contributed by atoms with Crippen LogP contribution < -0.4 is 4.90 Å². The first kappa shape index (κ1) is 18.1. The summed E-state index contributed by atoms with van der Waals surface area (Å²) in [5.41, 5.74) is 0.682. The minimum Gasteiger partial charge on any atom is -0.405 e. The Morgan fingerprint density at radius 2 is 2.12 bits per heavy atom. The zero-order valence-corrected chi connectivity index (χ0v) is 15.3. The summed E-state index contributed by atoms with van der Waals surface area (Å²) in [7, 11) is 3.70. The predicted octanol–water partition coefficient (Wildman–Crippen LogP) is 3.04. The number of aliphatic imine (C=N–C) groups is 1. The number of hydrogen-bond acceptors (Lipinski definition) is 7. The van der Waals surface area contributed by atoms with Crippen LogP contribution in [0.1, 0.15) is 24.2 Å². The maximum atomic E-state index is 10.8. The fourth-order valence-corrected chi connectivity index (χ4v) is 2.96. The van der Waals surface area contributed by atoms with Crippen LogP contribution in [-0.4, -0.2) is 53.3 Å². The van der Waals surface area contributed by atoms with Gasteiger partial charge in [-0.2, -0.15) is 9.97 Å². The molecule has 0 aromatic carbocycles. The third-order valence-electron chi connectivity index (χ3n) is 3.91. The quantitative estimate of drug-likeness (QED) is 0.250. The first-order valence-electron chi connectivity index (χ1n) is 8.19. The van der Waals surface area contributed by atoms with E-state index in [1.165, 1.54) is 6.07 Å². The van der Waals surface area contributed by atoms with Crippen LogP contribution in [0.3, 0.4) is 0 Å². The number of hydrogen-bond donors (Lipinski definition) is 0. The van der Waals surface area contributed by atoms with Crippen molar-refractivity contribution in [1.82, 2.24) is 14.9 Å². The van der Waals surface area contributed by atoms with Gasteiger partial charge in [0.15, 0.2) is 0 Å². The van der Waals surface area contributed by atoms with Crippen LogP contribution in [0.25, 0.3) is 0 Å². The van der Waals surface area contributed by atoms with E-state index >= 15 is 0 Å². The molecular weight excluding hydrogens is 360 g/mol. The van der Waals surface area contributed by atoms with Gasteiger partial charge in [-0.1, -0.05) is 11.6 Å². The lowest BCUT2D eigenvalue weighted by molar-refractivity contribution is -0.402. The Hall–Kier alpha value is -2.68. The molecule has 9 nitrogen and oxygen atoms in total. The number of rotatable bonds is 6. The zero-order valence-electron chi connectivity index (χ0n) is 14.6. The number of nitro groups is 1. The van der Waals surface area contributed by atoms with Crippen LogP contribution >= 0.6 is 11.6 Å². The molecule has 3 rings (SSSR count). The molecule has 0 aliphatic carbocycles. The Balaban J connectivity index is 1.97. The van der Waals surface area contributed by atoms with Gasteiger partial charge in [0.1, 0.15) is 21.7 Å². The lowest BCUT2D eigenvalue weighted by atomic mass is 10.1. The molecule has 1 aliphatic heterocycles. The van der Waals surface area contributed by atoms with Gasteiger partial charge in [0, 0.05) is 39.2 Å². The smallest absolute Gasteiger partial charge is 0.405 e. The fraction of sp³-hybridized carbons (Fsp3) is 0.438. The van der Waals surface area contributed by atoms with Crippen LogP contribution in [0.15, 0.2) is 21.5 Å². The van der Waals surface area contributed by atoms with Crippen molar-refractivity contribution in [2.24, 2.45) is 4.99 Å². The normalized spacial score (nSPS) is 14.3. The van der Waals surface area contributed by atoms with Crippen molar-refractivity contribution in [1.29, 1.82) is 0 Å². The van der Waals surface area contributed by atoms with Gasteiger partial charge >= 0.3 is 5.88 Å². The molecule has 0 atom stereocenters. The van der Waals surface area contributed by atoms with E-state index in [4.69, 9.17) is 16.0 Å². The van der Waals surface area contributed by atoms with Crippen LogP contribution in [-0.2, 0) is 6.42 Å². The lowest BCUT2D eigenvalue weighted by Gasteiger charge is -2.20. The molecule has 0 radical (unpaired) electrons. The van der Waals surface area contributed by atoms with Gasteiger partial charge in [-0.05, 0) is 18.9 Å². The third kappa shape index (κ3) is 4.10. The molecular formula is C16H19ClN6O3. The Morgan fingerprint density at radius 1 is 1.38 bits per heavy atom. The summed E-state index contributed by atoms with van der Waals surface area (Å²) in [4.78, 5) is 27.2. The number of aromatic nitrogens is 2. The second kappa shape index (κ2) is 7.69. The number of furan rings is 1. The lowest BCUT2D eigenvalue weighted by Crippen LogP contribution is -2.21. The van der Waals surface area contributed by atoms with E-state index in [0.717, 1.165) is 25.9 Å². The third-order valence-corrected chi connectivity index (χ3v) is 4.22. The molecule has 0 bridgehead atoms. The average Bonchev–Trinajstić information content (AvgIpc) is 3.26. The molecule has 26 heavy (non-hydrogen) atoms. The van der Waals surface area contributed by atoms with Crippen molar-refractivity contribution in [3.63, 3.8) is 0 Å². The minimum absolute atomic E-state index is 0.270. The molecule has 0 unspecified atom stereocenters. The SMILES string of the molecule is CN(C)C=Nc1nc(Cl)c(Cc2ccc([N+](=O)[O-])o2)c(N2CCCC2)n1. The van der Waals surface area contributed by atoms with E-state index in [9.17, 15) is 10.1 Å². The van der Waals surface area contributed by atoms with Gasteiger partial charge < -0.3 is 14.2 Å². The van der Waals surface area contributed by atoms with E-state index in [1.807, 2.05) is 14.1 Å². The van der Waals surface area contributed by atoms with Gasteiger partial charge in [-0.25, -0.2) is 4.99 Å². The van der Waals surface area contributed by atoms with Crippen LogP contribution in [0, 0.1) is 10.1 Å². The maximum Gasteiger partial charge on any atom is 0.433 e. The highest BCUT2D eigenvalue weighted by molar-refractivity contribution is 6.30. The second-order valence-electron chi connectivity index (χ2n) is 6.19. The highest BCUT2D eigenvalue weighted by atomic mass is 35.5. The summed E-state index contributed by atoms with van der Waals surface area (Å²) in [6.07, 6.45) is 4.03. The van der Waals surface area contributed by atoms with Crippen molar-refractivity contribution in [3.05, 3.63) is 38.7 Å². The summed E-state index contributed by atoms with van der Waals surface area (Å²) in [6, 6.07) is 2.90. The van der Waals surface area contributed by atoms with Gasteiger partial charge in [-0.15, -0.1) is 0 Å². The van der Waals surface area contributed by atoms with E-state index in [0.29, 0.717) is 17.1 Å². The molecule has 3 heterocycles. The summed E-state index contributed by atoms with van der Waals surface area (Å²) < 4.78 is 5.26. The van der Waals surface area contributed by atoms with Gasteiger partial charge in [0.05, 0.1) is 12.4 Å². The summed E-state index contributed by atoms with van der Waals surface area (Å²) >= 11 is 6.41. The molecule has 0 saturated carbocycles. The summed E-state index contributed by atoms with van der Waals surface area (Å²) in [5, 5.41) is 11.1. The first-order valence-corrected chi connectivity index (χ1v) is 8.57. The molecule has 1 fully saturated rings. The number of anilines is 1. The molecule has 1 aliphatic rings. The summed E-state index contributed by atoms with van der Waals surface area (Å²) in [5.74, 6) is 1.12. The van der Waals surface area contributed by atoms with E-state index in [1.54, 1.807) is 17.3 Å². The average molecular weight is 379 g/mol. The topological polar surface area (TPSA) is 101 Å². The van der Waals surface area contributed by atoms with Crippen molar-refractivity contribution in [2.75, 3.05) is 32.1 Å². The van der Waals surface area contributed by atoms with E-state index in [2.05, 4.69) is 19.9 Å². The Morgan fingerprint density at radius 3 is 2.73 bits per heavy atom. The monoisotopic (exact) mass is 378 g/mol. The predicted molar refractivity (Wildman–Crippen MR) is 98.5 cm³/mol. The first-order chi connectivity index (χ1) is 12.4. The molecule has 2 aromatic heterocycles.